The number of pyridine rings is 3. The largest absolute Gasteiger partial charge is 0.309 e. The lowest BCUT2D eigenvalue weighted by Gasteiger charge is -2.11. The topological polar surface area (TPSA) is 48.0 Å². The first-order chi connectivity index (χ1) is 20.4. The van der Waals surface area contributed by atoms with Crippen LogP contribution in [-0.4, -0.2) is 23.9 Å². The second-order valence-electron chi connectivity index (χ2n) is 10.9. The lowest BCUT2D eigenvalue weighted by molar-refractivity contribution is 1.18. The fourth-order valence-corrected chi connectivity index (χ4v) is 7.27. The molecule has 190 valence electrons. The molecule has 1 aliphatic rings. The predicted molar refractivity (Wildman–Crippen MR) is 166 cm³/mol. The van der Waals surface area contributed by atoms with E-state index in [2.05, 4.69) is 98.9 Å². The smallest absolute Gasteiger partial charge is 0.146 e. The first-order valence-electron chi connectivity index (χ1n) is 13.9. The fraction of sp³-hybridized carbons (Fsp3) is 0.0278. The van der Waals surface area contributed by atoms with Crippen LogP contribution in [0.2, 0.25) is 0 Å². The molecule has 0 bridgehead atoms. The van der Waals surface area contributed by atoms with Crippen LogP contribution in [0.25, 0.3) is 77.1 Å². The maximum Gasteiger partial charge on any atom is 0.146 e. The Morgan fingerprint density at radius 2 is 1.39 bits per heavy atom. The monoisotopic (exact) mass is 523 g/mol. The number of para-hydroxylation sites is 2. The second kappa shape index (κ2) is 7.55. The van der Waals surface area contributed by atoms with Crippen LogP contribution in [0.1, 0.15) is 11.1 Å². The molecule has 0 aliphatic heterocycles. The Kier molecular flexibility index (Phi) is 3.92. The van der Waals surface area contributed by atoms with Crippen LogP contribution in [0.5, 0.6) is 0 Å². The molecular weight excluding hydrogens is 502 g/mol. The molecule has 5 aromatic heterocycles. The summed E-state index contributed by atoms with van der Waals surface area (Å²) in [6.45, 7) is 0. The van der Waals surface area contributed by atoms with Gasteiger partial charge in [-0.1, -0.05) is 54.6 Å². The quantitative estimate of drug-likeness (QED) is 0.204. The minimum atomic E-state index is 0.845. The molecule has 0 atom stereocenters. The van der Waals surface area contributed by atoms with Crippen molar-refractivity contribution in [3.63, 3.8) is 0 Å². The van der Waals surface area contributed by atoms with Crippen LogP contribution in [-0.2, 0) is 6.42 Å². The average molecular weight is 524 g/mol. The van der Waals surface area contributed by atoms with Gasteiger partial charge in [0.1, 0.15) is 11.2 Å². The third-order valence-electron chi connectivity index (χ3n) is 8.88. The summed E-state index contributed by atoms with van der Waals surface area (Å²) in [5.74, 6) is 0. The lowest BCUT2D eigenvalue weighted by Crippen LogP contribution is -1.96. The summed E-state index contributed by atoms with van der Waals surface area (Å²) in [6, 6.07) is 34.8. The van der Waals surface area contributed by atoms with Crippen molar-refractivity contribution in [2.45, 2.75) is 6.42 Å². The lowest BCUT2D eigenvalue weighted by atomic mass is 9.99. The Morgan fingerprint density at radius 3 is 2.32 bits per heavy atom. The molecule has 0 saturated heterocycles. The van der Waals surface area contributed by atoms with Crippen LogP contribution in [0.4, 0.5) is 0 Å². The van der Waals surface area contributed by atoms with Gasteiger partial charge in [-0.2, -0.15) is 0 Å². The highest BCUT2D eigenvalue weighted by Gasteiger charge is 2.28. The summed E-state index contributed by atoms with van der Waals surface area (Å²) in [5, 5.41) is 4.95. The highest BCUT2D eigenvalue weighted by atomic mass is 15.0. The van der Waals surface area contributed by atoms with E-state index in [1.807, 2.05) is 30.7 Å². The van der Waals surface area contributed by atoms with Crippen molar-refractivity contribution < 1.29 is 0 Å². The van der Waals surface area contributed by atoms with Crippen molar-refractivity contribution >= 4 is 60.3 Å². The zero-order valence-electron chi connectivity index (χ0n) is 21.9. The highest BCUT2D eigenvalue weighted by molar-refractivity contribution is 6.18. The van der Waals surface area contributed by atoms with Crippen LogP contribution in [0.15, 0.2) is 116 Å². The average Bonchev–Trinajstić information content (AvgIpc) is 3.71. The number of aromatic nitrogens is 5. The summed E-state index contributed by atoms with van der Waals surface area (Å²) >= 11 is 0. The van der Waals surface area contributed by atoms with Crippen LogP contribution < -0.4 is 0 Å². The molecule has 0 fully saturated rings. The SMILES string of the molecule is c1ccc(-n2c3ccccc3c3c4c(ccc32)-c2ccc3c5ncccc5n5c6ccncc6nc5c3c2C4)cc1. The number of nitrogens with zero attached hydrogens (tertiary/aromatic N) is 5. The van der Waals surface area contributed by atoms with Gasteiger partial charge < -0.3 is 4.57 Å². The van der Waals surface area contributed by atoms with E-state index in [-0.39, 0.29) is 0 Å². The summed E-state index contributed by atoms with van der Waals surface area (Å²) in [5.41, 5.74) is 13.9. The summed E-state index contributed by atoms with van der Waals surface area (Å²) in [6.07, 6.45) is 6.43. The zero-order valence-corrected chi connectivity index (χ0v) is 21.9. The van der Waals surface area contributed by atoms with Gasteiger partial charge in [0.15, 0.2) is 0 Å². The Hall–Kier alpha value is -5.55. The third kappa shape index (κ3) is 2.63. The Labute approximate surface area is 234 Å². The summed E-state index contributed by atoms with van der Waals surface area (Å²) in [4.78, 5) is 14.4. The maximum atomic E-state index is 5.16. The molecule has 5 heteroatoms. The Bertz CT molecular complexity index is 2550. The van der Waals surface area contributed by atoms with Crippen molar-refractivity contribution in [2.75, 3.05) is 0 Å². The molecule has 0 N–H and O–H groups in total. The van der Waals surface area contributed by atoms with Crippen LogP contribution >= 0.6 is 0 Å². The van der Waals surface area contributed by atoms with E-state index < -0.39 is 0 Å². The number of benzene rings is 4. The van der Waals surface area contributed by atoms with Crippen LogP contribution in [0.3, 0.4) is 0 Å². The van der Waals surface area contributed by atoms with E-state index in [0.717, 1.165) is 39.5 Å². The van der Waals surface area contributed by atoms with Gasteiger partial charge >= 0.3 is 0 Å². The molecule has 41 heavy (non-hydrogen) atoms. The first-order valence-corrected chi connectivity index (χ1v) is 13.9. The first kappa shape index (κ1) is 21.3. The molecule has 10 rings (SSSR count). The number of hydrogen-bond acceptors (Lipinski definition) is 3. The Morgan fingerprint density at radius 1 is 0.585 bits per heavy atom. The summed E-state index contributed by atoms with van der Waals surface area (Å²) in [7, 11) is 0. The van der Waals surface area contributed by atoms with E-state index in [1.165, 1.54) is 55.1 Å². The van der Waals surface area contributed by atoms with Crippen molar-refractivity contribution in [3.05, 3.63) is 127 Å². The van der Waals surface area contributed by atoms with Gasteiger partial charge in [-0.05, 0) is 64.7 Å². The molecule has 1 aliphatic carbocycles. The normalized spacial score (nSPS) is 12.8. The molecule has 0 radical (unpaired) electrons. The molecule has 5 heterocycles. The van der Waals surface area contributed by atoms with Gasteiger partial charge in [-0.3, -0.25) is 14.4 Å². The molecule has 0 amide bonds. The molecule has 5 nitrogen and oxygen atoms in total. The van der Waals surface area contributed by atoms with Gasteiger partial charge in [-0.15, -0.1) is 0 Å². The minimum Gasteiger partial charge on any atom is -0.309 e. The molecule has 0 saturated carbocycles. The highest BCUT2D eigenvalue weighted by Crippen LogP contribution is 2.48. The third-order valence-corrected chi connectivity index (χ3v) is 8.88. The molecule has 9 aromatic rings. The van der Waals surface area contributed by atoms with Crippen molar-refractivity contribution in [2.24, 2.45) is 0 Å². The van der Waals surface area contributed by atoms with Gasteiger partial charge in [0.25, 0.3) is 0 Å². The maximum absolute atomic E-state index is 5.16. The predicted octanol–water partition coefficient (Wildman–Crippen LogP) is 8.25. The van der Waals surface area contributed by atoms with Gasteiger partial charge in [-0.25, -0.2) is 4.98 Å². The van der Waals surface area contributed by atoms with E-state index in [4.69, 9.17) is 9.97 Å². The number of imidazole rings is 1. The van der Waals surface area contributed by atoms with Gasteiger partial charge in [0, 0.05) is 46.0 Å². The van der Waals surface area contributed by atoms with Crippen molar-refractivity contribution in [1.29, 1.82) is 0 Å². The van der Waals surface area contributed by atoms with E-state index in [9.17, 15) is 0 Å². The van der Waals surface area contributed by atoms with Gasteiger partial charge in [0.2, 0.25) is 0 Å². The number of fused-ring (bicyclic) bond motifs is 16. The van der Waals surface area contributed by atoms with E-state index in [0.29, 0.717) is 0 Å². The van der Waals surface area contributed by atoms with Crippen LogP contribution in [0, 0.1) is 0 Å². The molecule has 0 spiro atoms. The fourth-order valence-electron chi connectivity index (χ4n) is 7.27. The number of hydrogen-bond donors (Lipinski definition) is 0. The van der Waals surface area contributed by atoms with Gasteiger partial charge in [0.05, 0.1) is 33.8 Å². The molecule has 0 unspecified atom stereocenters. The van der Waals surface area contributed by atoms with E-state index in [1.54, 1.807) is 0 Å². The minimum absolute atomic E-state index is 0.845. The van der Waals surface area contributed by atoms with E-state index >= 15 is 0 Å². The molecule has 4 aromatic carbocycles. The molecular formula is C36H21N5. The van der Waals surface area contributed by atoms with Crippen molar-refractivity contribution in [3.8, 4) is 16.8 Å². The second-order valence-corrected chi connectivity index (χ2v) is 10.9. The van der Waals surface area contributed by atoms with Crippen molar-refractivity contribution in [1.82, 2.24) is 23.9 Å². The zero-order chi connectivity index (χ0) is 26.7. The Balaban J connectivity index is 1.34. The number of rotatable bonds is 1. The standard InChI is InChI=1S/C36H21N5/c1-2-7-21(8-3-1)40-29-10-5-4-9-24(29)33-26-19-27-22(23(26)14-15-31(33)40)12-13-25-34(27)36-39-28-20-37-18-16-30(28)41(36)32-11-6-17-38-35(25)32/h1-18,20H,19H2. The summed E-state index contributed by atoms with van der Waals surface area (Å²) < 4.78 is 4.66.